The van der Waals surface area contributed by atoms with Gasteiger partial charge in [-0.05, 0) is 17.7 Å². The van der Waals surface area contributed by atoms with Crippen LogP contribution in [0.3, 0.4) is 0 Å². The molecule has 14 heavy (non-hydrogen) atoms. The molecule has 0 amide bonds. The number of methoxy groups -OCH3 is 1. The molecule has 0 bridgehead atoms. The van der Waals surface area contributed by atoms with E-state index < -0.39 is 0 Å². The third kappa shape index (κ3) is 2.72. The zero-order valence-corrected chi connectivity index (χ0v) is 8.23. The van der Waals surface area contributed by atoms with Gasteiger partial charge in [-0.25, -0.2) is 0 Å². The maximum absolute atomic E-state index is 5.45. The van der Waals surface area contributed by atoms with Gasteiger partial charge >= 0.3 is 0 Å². The van der Waals surface area contributed by atoms with Gasteiger partial charge in [0.1, 0.15) is 11.9 Å². The van der Waals surface area contributed by atoms with Crippen molar-refractivity contribution in [2.45, 2.75) is 12.7 Å². The van der Waals surface area contributed by atoms with Gasteiger partial charge in [0.25, 0.3) is 0 Å². The Labute approximate surface area is 83.6 Å². The fourth-order valence-corrected chi connectivity index (χ4v) is 1.19. The van der Waals surface area contributed by atoms with Crippen molar-refractivity contribution in [1.82, 2.24) is 0 Å². The molecule has 1 atom stereocenters. The van der Waals surface area contributed by atoms with Crippen LogP contribution < -0.4 is 4.74 Å². The van der Waals surface area contributed by atoms with Gasteiger partial charge in [-0.15, -0.1) is 0 Å². The molecule has 1 fully saturated rings. The Morgan fingerprint density at radius 1 is 1.36 bits per heavy atom. The highest BCUT2D eigenvalue weighted by Crippen LogP contribution is 2.13. The van der Waals surface area contributed by atoms with Crippen molar-refractivity contribution in [3.63, 3.8) is 0 Å². The lowest BCUT2D eigenvalue weighted by Gasteiger charge is -2.03. The van der Waals surface area contributed by atoms with E-state index in [1.54, 1.807) is 7.11 Å². The first kappa shape index (κ1) is 9.49. The SMILES string of the molecule is COc1ccc(COC[C@@H]2CO2)cc1. The maximum atomic E-state index is 5.45. The number of ether oxygens (including phenoxy) is 3. The second kappa shape index (κ2) is 4.44. The molecule has 2 rings (SSSR count). The van der Waals surface area contributed by atoms with Crippen LogP contribution in [0.1, 0.15) is 5.56 Å². The third-order valence-corrected chi connectivity index (χ3v) is 2.13. The monoisotopic (exact) mass is 194 g/mol. The molecule has 0 N–H and O–H groups in total. The van der Waals surface area contributed by atoms with E-state index in [0.717, 1.165) is 17.9 Å². The van der Waals surface area contributed by atoms with Crippen LogP contribution in [-0.4, -0.2) is 26.4 Å². The predicted octanol–water partition coefficient (Wildman–Crippen LogP) is 1.61. The molecule has 76 valence electrons. The summed E-state index contributed by atoms with van der Waals surface area (Å²) in [5, 5.41) is 0. The van der Waals surface area contributed by atoms with Crippen LogP contribution in [0.5, 0.6) is 5.75 Å². The molecule has 0 aromatic heterocycles. The first-order valence-electron chi connectivity index (χ1n) is 4.71. The minimum absolute atomic E-state index is 0.341. The van der Waals surface area contributed by atoms with Crippen LogP contribution in [0.15, 0.2) is 24.3 Å². The molecule has 0 saturated carbocycles. The van der Waals surface area contributed by atoms with Crippen LogP contribution in [0.2, 0.25) is 0 Å². The first-order chi connectivity index (χ1) is 6.88. The van der Waals surface area contributed by atoms with E-state index in [9.17, 15) is 0 Å². The molecule has 0 spiro atoms. The average molecular weight is 194 g/mol. The number of benzene rings is 1. The van der Waals surface area contributed by atoms with E-state index in [1.807, 2.05) is 24.3 Å². The molecular formula is C11H14O3. The van der Waals surface area contributed by atoms with Crippen LogP contribution in [0.25, 0.3) is 0 Å². The van der Waals surface area contributed by atoms with E-state index in [4.69, 9.17) is 14.2 Å². The number of epoxide rings is 1. The molecule has 0 aliphatic carbocycles. The van der Waals surface area contributed by atoms with E-state index in [0.29, 0.717) is 19.3 Å². The van der Waals surface area contributed by atoms with Crippen LogP contribution in [0.4, 0.5) is 0 Å². The summed E-state index contributed by atoms with van der Waals surface area (Å²) >= 11 is 0. The van der Waals surface area contributed by atoms with Crippen LogP contribution in [0, 0.1) is 0 Å². The fourth-order valence-electron chi connectivity index (χ4n) is 1.19. The molecule has 0 radical (unpaired) electrons. The van der Waals surface area contributed by atoms with Gasteiger partial charge in [-0.3, -0.25) is 0 Å². The highest BCUT2D eigenvalue weighted by atomic mass is 16.6. The van der Waals surface area contributed by atoms with Crippen molar-refractivity contribution in [2.75, 3.05) is 20.3 Å². The lowest BCUT2D eigenvalue weighted by atomic mass is 10.2. The smallest absolute Gasteiger partial charge is 0.118 e. The minimum atomic E-state index is 0.341. The van der Waals surface area contributed by atoms with Gasteiger partial charge in [0.2, 0.25) is 0 Å². The molecule has 0 unspecified atom stereocenters. The second-order valence-electron chi connectivity index (χ2n) is 3.32. The minimum Gasteiger partial charge on any atom is -0.497 e. The molecule has 1 aromatic rings. The maximum Gasteiger partial charge on any atom is 0.118 e. The van der Waals surface area contributed by atoms with Crippen molar-refractivity contribution in [3.05, 3.63) is 29.8 Å². The second-order valence-corrected chi connectivity index (χ2v) is 3.32. The Morgan fingerprint density at radius 2 is 2.07 bits per heavy atom. The lowest BCUT2D eigenvalue weighted by Crippen LogP contribution is -2.01. The zero-order chi connectivity index (χ0) is 9.80. The fraction of sp³-hybridized carbons (Fsp3) is 0.455. The number of hydrogen-bond acceptors (Lipinski definition) is 3. The molecule has 1 aliphatic heterocycles. The summed E-state index contributed by atoms with van der Waals surface area (Å²) in [7, 11) is 1.66. The van der Waals surface area contributed by atoms with Gasteiger partial charge < -0.3 is 14.2 Å². The summed E-state index contributed by atoms with van der Waals surface area (Å²) in [6.45, 7) is 2.19. The normalized spacial score (nSPS) is 19.4. The highest BCUT2D eigenvalue weighted by molar-refractivity contribution is 5.26. The topological polar surface area (TPSA) is 31.0 Å². The van der Waals surface area contributed by atoms with Gasteiger partial charge in [-0.1, -0.05) is 12.1 Å². The van der Waals surface area contributed by atoms with E-state index in [2.05, 4.69) is 0 Å². The van der Waals surface area contributed by atoms with E-state index >= 15 is 0 Å². The zero-order valence-electron chi connectivity index (χ0n) is 8.23. The van der Waals surface area contributed by atoms with E-state index in [-0.39, 0.29) is 0 Å². The third-order valence-electron chi connectivity index (χ3n) is 2.13. The Balaban J connectivity index is 1.77. The van der Waals surface area contributed by atoms with Crippen molar-refractivity contribution in [3.8, 4) is 5.75 Å². The Bertz CT molecular complexity index is 277. The van der Waals surface area contributed by atoms with Crippen molar-refractivity contribution < 1.29 is 14.2 Å². The molecule has 1 heterocycles. The molecular weight excluding hydrogens is 180 g/mol. The summed E-state index contributed by atoms with van der Waals surface area (Å²) in [6, 6.07) is 7.89. The number of rotatable bonds is 5. The van der Waals surface area contributed by atoms with Gasteiger partial charge in [0.15, 0.2) is 0 Å². The molecule has 3 heteroatoms. The molecule has 3 nitrogen and oxygen atoms in total. The molecule has 1 aliphatic rings. The van der Waals surface area contributed by atoms with Gasteiger partial charge in [0, 0.05) is 0 Å². The van der Waals surface area contributed by atoms with Crippen molar-refractivity contribution in [2.24, 2.45) is 0 Å². The van der Waals surface area contributed by atoms with Gasteiger partial charge in [0.05, 0.1) is 26.9 Å². The quantitative estimate of drug-likeness (QED) is 0.667. The van der Waals surface area contributed by atoms with Crippen LogP contribution >= 0.6 is 0 Å². The summed E-state index contributed by atoms with van der Waals surface area (Å²) in [5.41, 5.74) is 1.16. The van der Waals surface area contributed by atoms with Crippen LogP contribution in [-0.2, 0) is 16.1 Å². The van der Waals surface area contributed by atoms with Crippen molar-refractivity contribution >= 4 is 0 Å². The Morgan fingerprint density at radius 3 is 2.64 bits per heavy atom. The standard InChI is InChI=1S/C11H14O3/c1-12-10-4-2-9(3-5-10)6-13-7-11-8-14-11/h2-5,11H,6-8H2,1H3/t11-/m1/s1. The van der Waals surface area contributed by atoms with Gasteiger partial charge in [-0.2, -0.15) is 0 Å². The summed E-state index contributed by atoms with van der Waals surface area (Å²) in [5.74, 6) is 0.874. The highest BCUT2D eigenvalue weighted by Gasteiger charge is 2.22. The number of hydrogen-bond donors (Lipinski definition) is 0. The summed E-state index contributed by atoms with van der Waals surface area (Å²) in [4.78, 5) is 0. The predicted molar refractivity (Wildman–Crippen MR) is 52.4 cm³/mol. The molecule has 1 saturated heterocycles. The van der Waals surface area contributed by atoms with E-state index in [1.165, 1.54) is 0 Å². The van der Waals surface area contributed by atoms with Crippen molar-refractivity contribution in [1.29, 1.82) is 0 Å². The Kier molecular flexibility index (Phi) is 3.01. The largest absolute Gasteiger partial charge is 0.497 e. The first-order valence-corrected chi connectivity index (χ1v) is 4.71. The summed E-state index contributed by atoms with van der Waals surface area (Å²) < 4.78 is 15.6. The average Bonchev–Trinajstić information content (AvgIpc) is 3.03. The summed E-state index contributed by atoms with van der Waals surface area (Å²) in [6.07, 6.45) is 0.341. The Hall–Kier alpha value is -1.06. The lowest BCUT2D eigenvalue weighted by molar-refractivity contribution is 0.104. The molecule has 1 aromatic carbocycles.